The molecule has 0 spiro atoms. The Balaban J connectivity index is 1.67. The fourth-order valence-electron chi connectivity index (χ4n) is 2.47. The van der Waals surface area contributed by atoms with Crippen LogP contribution in [0.15, 0.2) is 18.2 Å². The van der Waals surface area contributed by atoms with Crippen molar-refractivity contribution in [3.8, 4) is 0 Å². The molecule has 1 saturated carbocycles. The van der Waals surface area contributed by atoms with Gasteiger partial charge in [-0.2, -0.15) is 0 Å². The first kappa shape index (κ1) is 13.2. The predicted octanol–water partition coefficient (Wildman–Crippen LogP) is 2.82. The van der Waals surface area contributed by atoms with Crippen molar-refractivity contribution in [2.75, 3.05) is 24.6 Å². The summed E-state index contributed by atoms with van der Waals surface area (Å²) in [5.74, 6) is 0. The zero-order valence-electron chi connectivity index (χ0n) is 11.4. The number of ether oxygens (including phenoxy) is 1. The highest BCUT2D eigenvalue weighted by molar-refractivity contribution is 6.31. The summed E-state index contributed by atoms with van der Waals surface area (Å²) in [6, 6.07) is 7.13. The van der Waals surface area contributed by atoms with Crippen molar-refractivity contribution >= 4 is 17.3 Å². The van der Waals surface area contributed by atoms with Gasteiger partial charge in [0, 0.05) is 36.4 Å². The molecule has 1 heterocycles. The van der Waals surface area contributed by atoms with Gasteiger partial charge in [0.05, 0.1) is 12.7 Å². The average Bonchev–Trinajstić information content (AvgIpc) is 3.21. The molecule has 1 atom stereocenters. The standard InChI is InChI=1S/C15H21ClN2O/c1-11-10-18(6-7-19-11)14-5-2-12(15(16)8-14)9-17-13-3-4-13/h2,5,8,11,13,17H,3-4,6-7,9-10H2,1H3. The number of hydrogen-bond acceptors (Lipinski definition) is 3. The molecule has 3 rings (SSSR count). The first-order chi connectivity index (χ1) is 9.22. The zero-order chi connectivity index (χ0) is 13.2. The third kappa shape index (κ3) is 3.41. The highest BCUT2D eigenvalue weighted by atomic mass is 35.5. The van der Waals surface area contributed by atoms with Gasteiger partial charge in [-0.3, -0.25) is 0 Å². The van der Waals surface area contributed by atoms with E-state index in [2.05, 4.69) is 35.3 Å². The topological polar surface area (TPSA) is 24.5 Å². The fourth-order valence-corrected chi connectivity index (χ4v) is 2.71. The lowest BCUT2D eigenvalue weighted by Gasteiger charge is -2.33. The minimum absolute atomic E-state index is 0.295. The molecule has 1 N–H and O–H groups in total. The van der Waals surface area contributed by atoms with Gasteiger partial charge in [-0.1, -0.05) is 17.7 Å². The number of nitrogens with one attached hydrogen (secondary N) is 1. The summed E-state index contributed by atoms with van der Waals surface area (Å²) >= 11 is 6.39. The largest absolute Gasteiger partial charge is 0.375 e. The molecule has 0 aromatic heterocycles. The summed E-state index contributed by atoms with van der Waals surface area (Å²) in [6.07, 6.45) is 2.91. The molecule has 0 radical (unpaired) electrons. The van der Waals surface area contributed by atoms with E-state index >= 15 is 0 Å². The Bertz CT molecular complexity index is 448. The van der Waals surface area contributed by atoms with E-state index in [1.54, 1.807) is 0 Å². The molecular formula is C15H21ClN2O. The van der Waals surface area contributed by atoms with Crippen LogP contribution in [0.3, 0.4) is 0 Å². The van der Waals surface area contributed by atoms with Crippen LogP contribution in [0, 0.1) is 0 Å². The number of nitrogens with zero attached hydrogens (tertiary/aromatic N) is 1. The van der Waals surface area contributed by atoms with Gasteiger partial charge < -0.3 is 15.0 Å². The van der Waals surface area contributed by atoms with E-state index in [4.69, 9.17) is 16.3 Å². The van der Waals surface area contributed by atoms with Crippen molar-refractivity contribution in [3.63, 3.8) is 0 Å². The highest BCUT2D eigenvalue weighted by Gasteiger charge is 2.21. The van der Waals surface area contributed by atoms with Crippen molar-refractivity contribution in [2.24, 2.45) is 0 Å². The smallest absolute Gasteiger partial charge is 0.0722 e. The van der Waals surface area contributed by atoms with Crippen molar-refractivity contribution in [3.05, 3.63) is 28.8 Å². The zero-order valence-corrected chi connectivity index (χ0v) is 12.1. The fraction of sp³-hybridized carbons (Fsp3) is 0.600. The maximum absolute atomic E-state index is 6.39. The molecule has 1 aromatic carbocycles. The van der Waals surface area contributed by atoms with E-state index in [0.717, 1.165) is 37.3 Å². The first-order valence-corrected chi connectivity index (χ1v) is 7.48. The first-order valence-electron chi connectivity index (χ1n) is 7.11. The summed E-state index contributed by atoms with van der Waals surface area (Å²) in [7, 11) is 0. The normalized spacial score (nSPS) is 23.7. The van der Waals surface area contributed by atoms with E-state index in [0.29, 0.717) is 6.10 Å². The molecule has 0 amide bonds. The van der Waals surface area contributed by atoms with Crippen LogP contribution in [0.4, 0.5) is 5.69 Å². The van der Waals surface area contributed by atoms with Gasteiger partial charge >= 0.3 is 0 Å². The van der Waals surface area contributed by atoms with Crippen molar-refractivity contribution in [1.29, 1.82) is 0 Å². The minimum atomic E-state index is 0.295. The van der Waals surface area contributed by atoms with Gasteiger partial charge in [0.1, 0.15) is 0 Å². The molecule has 2 fully saturated rings. The second kappa shape index (κ2) is 5.70. The maximum Gasteiger partial charge on any atom is 0.0722 e. The Kier molecular flexibility index (Phi) is 3.96. The van der Waals surface area contributed by atoms with Gasteiger partial charge in [-0.05, 0) is 37.5 Å². The molecule has 2 aliphatic rings. The van der Waals surface area contributed by atoms with E-state index in [1.165, 1.54) is 24.1 Å². The molecule has 1 aromatic rings. The summed E-state index contributed by atoms with van der Waals surface area (Å²) in [5.41, 5.74) is 2.40. The van der Waals surface area contributed by atoms with E-state index in [1.807, 2.05) is 0 Å². The Labute approximate surface area is 119 Å². The Morgan fingerprint density at radius 1 is 1.42 bits per heavy atom. The van der Waals surface area contributed by atoms with Gasteiger partial charge in [-0.15, -0.1) is 0 Å². The van der Waals surface area contributed by atoms with Gasteiger partial charge in [0.2, 0.25) is 0 Å². The van der Waals surface area contributed by atoms with Crippen LogP contribution in [0.2, 0.25) is 5.02 Å². The quantitative estimate of drug-likeness (QED) is 0.918. The molecule has 1 unspecified atom stereocenters. The summed E-state index contributed by atoms with van der Waals surface area (Å²) in [6.45, 7) is 5.67. The summed E-state index contributed by atoms with van der Waals surface area (Å²) < 4.78 is 5.57. The van der Waals surface area contributed by atoms with Crippen LogP contribution in [0.25, 0.3) is 0 Å². The minimum Gasteiger partial charge on any atom is -0.375 e. The van der Waals surface area contributed by atoms with E-state index in [-0.39, 0.29) is 0 Å². The van der Waals surface area contributed by atoms with E-state index in [9.17, 15) is 0 Å². The van der Waals surface area contributed by atoms with Crippen molar-refractivity contribution < 1.29 is 4.74 Å². The van der Waals surface area contributed by atoms with Crippen LogP contribution >= 0.6 is 11.6 Å². The molecule has 19 heavy (non-hydrogen) atoms. The number of morpholine rings is 1. The van der Waals surface area contributed by atoms with Crippen molar-refractivity contribution in [2.45, 2.75) is 38.5 Å². The number of anilines is 1. The third-order valence-electron chi connectivity index (χ3n) is 3.80. The number of benzene rings is 1. The second-order valence-electron chi connectivity index (χ2n) is 5.56. The second-order valence-corrected chi connectivity index (χ2v) is 5.97. The maximum atomic E-state index is 6.39. The van der Waals surface area contributed by atoms with Gasteiger partial charge in [-0.25, -0.2) is 0 Å². The average molecular weight is 281 g/mol. The van der Waals surface area contributed by atoms with Crippen LogP contribution in [0.1, 0.15) is 25.3 Å². The molecule has 1 saturated heterocycles. The van der Waals surface area contributed by atoms with Crippen LogP contribution in [-0.2, 0) is 11.3 Å². The van der Waals surface area contributed by atoms with Crippen LogP contribution in [-0.4, -0.2) is 31.8 Å². The van der Waals surface area contributed by atoms with Crippen LogP contribution < -0.4 is 10.2 Å². The van der Waals surface area contributed by atoms with Crippen molar-refractivity contribution in [1.82, 2.24) is 5.32 Å². The van der Waals surface area contributed by atoms with E-state index < -0.39 is 0 Å². The third-order valence-corrected chi connectivity index (χ3v) is 4.15. The molecular weight excluding hydrogens is 260 g/mol. The lowest BCUT2D eigenvalue weighted by Crippen LogP contribution is -2.41. The van der Waals surface area contributed by atoms with Gasteiger partial charge in [0.15, 0.2) is 0 Å². The number of halogens is 1. The molecule has 4 heteroatoms. The Hall–Kier alpha value is -0.770. The molecule has 104 valence electrons. The van der Waals surface area contributed by atoms with Gasteiger partial charge in [0.25, 0.3) is 0 Å². The molecule has 1 aliphatic carbocycles. The Morgan fingerprint density at radius 3 is 2.95 bits per heavy atom. The predicted molar refractivity (Wildman–Crippen MR) is 78.9 cm³/mol. The molecule has 3 nitrogen and oxygen atoms in total. The highest BCUT2D eigenvalue weighted by Crippen LogP contribution is 2.26. The SMILES string of the molecule is CC1CN(c2ccc(CNC3CC3)c(Cl)c2)CCO1. The number of rotatable bonds is 4. The van der Waals surface area contributed by atoms with Crippen LogP contribution in [0.5, 0.6) is 0 Å². The Morgan fingerprint density at radius 2 is 2.26 bits per heavy atom. The lowest BCUT2D eigenvalue weighted by atomic mass is 10.1. The summed E-state index contributed by atoms with van der Waals surface area (Å²) in [4.78, 5) is 2.35. The lowest BCUT2D eigenvalue weighted by molar-refractivity contribution is 0.0532. The molecule has 1 aliphatic heterocycles. The number of hydrogen-bond donors (Lipinski definition) is 1. The summed E-state index contributed by atoms with van der Waals surface area (Å²) in [5, 5.41) is 4.37. The molecule has 0 bridgehead atoms. The monoisotopic (exact) mass is 280 g/mol.